The highest BCUT2D eigenvalue weighted by molar-refractivity contribution is 5.80. The number of aryl methyl sites for hydroxylation is 1. The maximum Gasteiger partial charge on any atom is 0.231 e. The number of H-pyrrole nitrogens is 1. The maximum atomic E-state index is 12.6. The molecule has 0 saturated heterocycles. The summed E-state index contributed by atoms with van der Waals surface area (Å²) in [5, 5.41) is 11.0. The Kier molecular flexibility index (Phi) is 11.3. The predicted molar refractivity (Wildman–Crippen MR) is 136 cm³/mol. The number of para-hydroxylation sites is 1. The topological polar surface area (TPSA) is 62.3 Å². The standard InChI is InChI=1S/C28H45NO3/c1-22(2)28(3,31)21-17-13-11-9-7-5-6-8-10-12-14-20-25-27(32-4)26(30)23-18-15-16-19-24(23)29-25/h15-16,18-19,22,31H,5-14,17,20-21H2,1-4H3,(H,29,30). The highest BCUT2D eigenvalue weighted by atomic mass is 16.5. The quantitative estimate of drug-likeness (QED) is 0.270. The second-order valence-electron chi connectivity index (χ2n) is 9.91. The Labute approximate surface area is 194 Å². The zero-order valence-electron chi connectivity index (χ0n) is 20.8. The molecule has 0 spiro atoms. The second kappa shape index (κ2) is 13.7. The number of hydrogen-bond acceptors (Lipinski definition) is 3. The molecule has 0 radical (unpaired) electrons. The zero-order valence-corrected chi connectivity index (χ0v) is 20.8. The molecule has 0 saturated carbocycles. The van der Waals surface area contributed by atoms with E-state index < -0.39 is 5.60 Å². The number of unbranched alkanes of at least 4 members (excludes halogenated alkanes) is 10. The third-order valence-corrected chi connectivity index (χ3v) is 7.00. The van der Waals surface area contributed by atoms with E-state index in [1.165, 1.54) is 57.8 Å². The Morgan fingerprint density at radius 3 is 2.00 bits per heavy atom. The molecule has 1 aromatic carbocycles. The summed E-state index contributed by atoms with van der Waals surface area (Å²) < 4.78 is 5.41. The summed E-state index contributed by atoms with van der Waals surface area (Å²) in [4.78, 5) is 16.0. The van der Waals surface area contributed by atoms with Crippen molar-refractivity contribution in [3.05, 3.63) is 40.2 Å². The third kappa shape index (κ3) is 8.27. The summed E-state index contributed by atoms with van der Waals surface area (Å²) in [7, 11) is 1.58. The van der Waals surface area contributed by atoms with Crippen molar-refractivity contribution < 1.29 is 9.84 Å². The van der Waals surface area contributed by atoms with Crippen molar-refractivity contribution >= 4 is 10.9 Å². The van der Waals surface area contributed by atoms with Gasteiger partial charge in [0.1, 0.15) is 0 Å². The van der Waals surface area contributed by atoms with Gasteiger partial charge >= 0.3 is 0 Å². The Hall–Kier alpha value is -1.81. The van der Waals surface area contributed by atoms with Crippen LogP contribution in [-0.4, -0.2) is 22.8 Å². The van der Waals surface area contributed by atoms with Crippen molar-refractivity contribution in [1.82, 2.24) is 4.98 Å². The number of nitrogens with one attached hydrogen (secondary N) is 1. The van der Waals surface area contributed by atoms with Crippen molar-refractivity contribution in [3.8, 4) is 5.75 Å². The van der Waals surface area contributed by atoms with Crippen molar-refractivity contribution in [1.29, 1.82) is 0 Å². The molecule has 1 heterocycles. The van der Waals surface area contributed by atoms with E-state index in [-0.39, 0.29) is 5.43 Å². The molecule has 0 aliphatic rings. The Morgan fingerprint density at radius 1 is 0.906 bits per heavy atom. The fourth-order valence-electron chi connectivity index (χ4n) is 4.33. The van der Waals surface area contributed by atoms with Crippen molar-refractivity contribution in [2.75, 3.05) is 7.11 Å². The zero-order chi connectivity index (χ0) is 23.4. The summed E-state index contributed by atoms with van der Waals surface area (Å²) in [5.41, 5.74) is 1.29. The molecule has 4 heteroatoms. The van der Waals surface area contributed by atoms with E-state index in [1.54, 1.807) is 7.11 Å². The molecule has 2 N–H and O–H groups in total. The highest BCUT2D eigenvalue weighted by Gasteiger charge is 2.23. The number of aromatic nitrogens is 1. The Morgan fingerprint density at radius 2 is 1.44 bits per heavy atom. The fraction of sp³-hybridized carbons (Fsp3) is 0.679. The van der Waals surface area contributed by atoms with Gasteiger partial charge in [-0.3, -0.25) is 4.79 Å². The van der Waals surface area contributed by atoms with Crippen LogP contribution in [0.3, 0.4) is 0 Å². The highest BCUT2D eigenvalue weighted by Crippen LogP contribution is 2.24. The van der Waals surface area contributed by atoms with Gasteiger partial charge in [-0.05, 0) is 44.2 Å². The number of methoxy groups -OCH3 is 1. The van der Waals surface area contributed by atoms with Gasteiger partial charge in [-0.15, -0.1) is 0 Å². The largest absolute Gasteiger partial charge is 0.491 e. The lowest BCUT2D eigenvalue weighted by Gasteiger charge is -2.27. The third-order valence-electron chi connectivity index (χ3n) is 7.00. The predicted octanol–water partition coefficient (Wildman–Crippen LogP) is 7.17. The van der Waals surface area contributed by atoms with Gasteiger partial charge in [0.25, 0.3) is 0 Å². The number of rotatable bonds is 16. The van der Waals surface area contributed by atoms with E-state index in [9.17, 15) is 9.90 Å². The number of fused-ring (bicyclic) bond motifs is 1. The minimum Gasteiger partial charge on any atom is -0.491 e. The first kappa shape index (κ1) is 26.4. The monoisotopic (exact) mass is 443 g/mol. The number of pyridine rings is 1. The molecule has 0 bridgehead atoms. The average Bonchev–Trinajstić information content (AvgIpc) is 2.77. The van der Waals surface area contributed by atoms with Gasteiger partial charge in [0.05, 0.1) is 18.4 Å². The van der Waals surface area contributed by atoms with Crippen molar-refractivity contribution in [2.45, 2.75) is 110 Å². The first-order valence-corrected chi connectivity index (χ1v) is 12.8. The minimum atomic E-state index is -0.505. The molecule has 32 heavy (non-hydrogen) atoms. The molecule has 0 aliphatic heterocycles. The lowest BCUT2D eigenvalue weighted by Crippen LogP contribution is -2.30. The van der Waals surface area contributed by atoms with Crippen LogP contribution in [-0.2, 0) is 6.42 Å². The average molecular weight is 444 g/mol. The first-order chi connectivity index (χ1) is 15.4. The summed E-state index contributed by atoms with van der Waals surface area (Å²) in [6.07, 6.45) is 15.5. The summed E-state index contributed by atoms with van der Waals surface area (Å²) in [6, 6.07) is 7.63. The molecule has 1 unspecified atom stereocenters. The van der Waals surface area contributed by atoms with Crippen molar-refractivity contribution in [2.24, 2.45) is 5.92 Å². The SMILES string of the molecule is COc1c(CCCCCCCCCCCCCC(C)(O)C(C)C)[nH]c2ccccc2c1=O. The van der Waals surface area contributed by atoms with E-state index in [4.69, 9.17) is 4.74 Å². The smallest absolute Gasteiger partial charge is 0.231 e. The summed E-state index contributed by atoms with van der Waals surface area (Å²) >= 11 is 0. The molecule has 2 aromatic rings. The minimum absolute atomic E-state index is 0.0119. The number of benzene rings is 1. The summed E-state index contributed by atoms with van der Waals surface area (Å²) in [5.74, 6) is 0.802. The van der Waals surface area contributed by atoms with Gasteiger partial charge in [0, 0.05) is 10.9 Å². The van der Waals surface area contributed by atoms with Crippen LogP contribution in [0.15, 0.2) is 29.1 Å². The van der Waals surface area contributed by atoms with Crippen LogP contribution in [0.4, 0.5) is 0 Å². The van der Waals surface area contributed by atoms with Gasteiger partial charge in [-0.1, -0.05) is 90.2 Å². The molecule has 1 atom stereocenters. The molecular formula is C28H45NO3. The molecule has 0 amide bonds. The molecular weight excluding hydrogens is 398 g/mol. The maximum absolute atomic E-state index is 12.6. The number of aromatic amines is 1. The lowest BCUT2D eigenvalue weighted by atomic mass is 9.87. The molecule has 0 aliphatic carbocycles. The van der Waals surface area contributed by atoms with Gasteiger partial charge in [-0.25, -0.2) is 0 Å². The van der Waals surface area contributed by atoms with Crippen LogP contribution >= 0.6 is 0 Å². The van der Waals surface area contributed by atoms with Crippen LogP contribution in [0.1, 0.15) is 104 Å². The second-order valence-corrected chi connectivity index (χ2v) is 9.91. The molecule has 2 rings (SSSR count). The molecule has 180 valence electrons. The van der Waals surface area contributed by atoms with E-state index in [0.717, 1.165) is 36.9 Å². The van der Waals surface area contributed by atoms with Crippen LogP contribution in [0.25, 0.3) is 10.9 Å². The van der Waals surface area contributed by atoms with Gasteiger partial charge in [0.2, 0.25) is 5.43 Å². The first-order valence-electron chi connectivity index (χ1n) is 12.8. The Balaban J connectivity index is 1.53. The molecule has 4 nitrogen and oxygen atoms in total. The van der Waals surface area contributed by atoms with Crippen LogP contribution < -0.4 is 10.2 Å². The number of aliphatic hydroxyl groups is 1. The summed E-state index contributed by atoms with van der Waals surface area (Å²) in [6.45, 7) is 6.16. The number of ether oxygens (including phenoxy) is 1. The van der Waals surface area contributed by atoms with E-state index in [0.29, 0.717) is 17.1 Å². The fourth-order valence-corrected chi connectivity index (χ4v) is 4.33. The lowest BCUT2D eigenvalue weighted by molar-refractivity contribution is 0.00307. The Bertz CT molecular complexity index is 853. The van der Waals surface area contributed by atoms with Crippen LogP contribution in [0.5, 0.6) is 5.75 Å². The molecule has 1 aromatic heterocycles. The van der Waals surface area contributed by atoms with E-state index >= 15 is 0 Å². The van der Waals surface area contributed by atoms with Gasteiger partial charge < -0.3 is 14.8 Å². The van der Waals surface area contributed by atoms with Crippen LogP contribution in [0.2, 0.25) is 0 Å². The normalized spacial score (nSPS) is 13.6. The van der Waals surface area contributed by atoms with Crippen molar-refractivity contribution in [3.63, 3.8) is 0 Å². The molecule has 0 fully saturated rings. The van der Waals surface area contributed by atoms with E-state index in [1.807, 2.05) is 31.2 Å². The van der Waals surface area contributed by atoms with Gasteiger partial charge in [0.15, 0.2) is 5.75 Å². The van der Waals surface area contributed by atoms with E-state index in [2.05, 4.69) is 18.8 Å². The number of hydrogen-bond donors (Lipinski definition) is 2. The van der Waals surface area contributed by atoms with Crippen LogP contribution in [0, 0.1) is 5.92 Å². The van der Waals surface area contributed by atoms with Gasteiger partial charge in [-0.2, -0.15) is 0 Å².